The standard InChI is InChI=1S/C18H15ClF3NO4/c1-9-5-11(9)13-7-15(12(8-23-13)17(19)24)26-14-4-3-10(6-16(14)25-2)27-18(20,21)22/h3-4,6-9,11H,5H2,1-2H3/t9-,11?/m0/s1. The minimum Gasteiger partial charge on any atom is -0.493 e. The zero-order valence-electron chi connectivity index (χ0n) is 14.3. The molecule has 0 radical (unpaired) electrons. The number of aromatic nitrogens is 1. The second kappa shape index (κ2) is 7.26. The Labute approximate surface area is 158 Å². The molecule has 0 N–H and O–H groups in total. The van der Waals surface area contributed by atoms with Gasteiger partial charge in [-0.15, -0.1) is 13.2 Å². The molecule has 0 saturated heterocycles. The van der Waals surface area contributed by atoms with E-state index < -0.39 is 17.4 Å². The summed E-state index contributed by atoms with van der Waals surface area (Å²) < 4.78 is 51.8. The van der Waals surface area contributed by atoms with Crippen LogP contribution in [0.25, 0.3) is 0 Å². The highest BCUT2D eigenvalue weighted by atomic mass is 35.5. The highest BCUT2D eigenvalue weighted by Crippen LogP contribution is 2.47. The Morgan fingerprint density at radius 2 is 1.93 bits per heavy atom. The summed E-state index contributed by atoms with van der Waals surface area (Å²) in [6, 6.07) is 4.99. The predicted molar refractivity (Wildman–Crippen MR) is 90.7 cm³/mol. The van der Waals surface area contributed by atoms with Crippen LogP contribution in [-0.2, 0) is 0 Å². The second-order valence-electron chi connectivity index (χ2n) is 6.16. The number of rotatable bonds is 6. The lowest BCUT2D eigenvalue weighted by Crippen LogP contribution is -2.17. The van der Waals surface area contributed by atoms with Crippen LogP contribution in [0.5, 0.6) is 23.0 Å². The molecule has 1 saturated carbocycles. The maximum absolute atomic E-state index is 12.4. The Morgan fingerprint density at radius 1 is 1.22 bits per heavy atom. The van der Waals surface area contributed by atoms with E-state index in [-0.39, 0.29) is 28.7 Å². The summed E-state index contributed by atoms with van der Waals surface area (Å²) in [5.41, 5.74) is 0.807. The Bertz CT molecular complexity index is 872. The van der Waals surface area contributed by atoms with Crippen LogP contribution in [0.4, 0.5) is 13.2 Å². The molecule has 1 unspecified atom stereocenters. The molecule has 1 heterocycles. The third-order valence-electron chi connectivity index (χ3n) is 4.18. The summed E-state index contributed by atoms with van der Waals surface area (Å²) in [6.07, 6.45) is -2.52. The van der Waals surface area contributed by atoms with Crippen LogP contribution in [0.15, 0.2) is 30.5 Å². The number of nitrogens with zero attached hydrogens (tertiary/aromatic N) is 1. The largest absolute Gasteiger partial charge is 0.573 e. The zero-order chi connectivity index (χ0) is 19.8. The number of carbonyl (C=O) groups excluding carboxylic acids is 1. The van der Waals surface area contributed by atoms with E-state index in [1.807, 2.05) is 0 Å². The maximum Gasteiger partial charge on any atom is 0.573 e. The fraction of sp³-hybridized carbons (Fsp3) is 0.333. The van der Waals surface area contributed by atoms with Crippen LogP contribution in [0.2, 0.25) is 0 Å². The summed E-state index contributed by atoms with van der Waals surface area (Å²) in [7, 11) is 1.27. The third-order valence-corrected chi connectivity index (χ3v) is 4.38. The first-order valence-corrected chi connectivity index (χ1v) is 8.37. The first-order valence-electron chi connectivity index (χ1n) is 7.99. The number of ether oxygens (including phenoxy) is 3. The Hall–Kier alpha value is -2.48. The number of methoxy groups -OCH3 is 1. The zero-order valence-corrected chi connectivity index (χ0v) is 15.1. The molecule has 1 aromatic heterocycles. The molecule has 5 nitrogen and oxygen atoms in total. The molecule has 1 fully saturated rings. The molecule has 2 atom stereocenters. The quantitative estimate of drug-likeness (QED) is 0.616. The van der Waals surface area contributed by atoms with E-state index in [0.717, 1.165) is 24.2 Å². The van der Waals surface area contributed by atoms with Crippen molar-refractivity contribution in [1.29, 1.82) is 0 Å². The summed E-state index contributed by atoms with van der Waals surface area (Å²) in [5, 5.41) is -0.760. The van der Waals surface area contributed by atoms with E-state index in [0.29, 0.717) is 5.92 Å². The van der Waals surface area contributed by atoms with Crippen molar-refractivity contribution >= 4 is 16.8 Å². The first kappa shape index (κ1) is 19.3. The Balaban J connectivity index is 1.92. The van der Waals surface area contributed by atoms with Crippen LogP contribution in [-0.4, -0.2) is 23.7 Å². The van der Waals surface area contributed by atoms with Crippen LogP contribution >= 0.6 is 11.6 Å². The molecule has 1 aliphatic carbocycles. The molecule has 27 heavy (non-hydrogen) atoms. The number of benzene rings is 1. The van der Waals surface area contributed by atoms with Gasteiger partial charge in [0, 0.05) is 29.9 Å². The molecule has 0 spiro atoms. The normalized spacial score (nSPS) is 18.7. The fourth-order valence-electron chi connectivity index (χ4n) is 2.67. The minimum atomic E-state index is -4.83. The smallest absolute Gasteiger partial charge is 0.493 e. The summed E-state index contributed by atoms with van der Waals surface area (Å²) in [5.74, 6) is 0.562. The topological polar surface area (TPSA) is 57.6 Å². The molecule has 2 aromatic rings. The molecule has 1 aliphatic rings. The van der Waals surface area contributed by atoms with Crippen molar-refractivity contribution in [3.05, 3.63) is 41.7 Å². The molecule has 0 bridgehead atoms. The van der Waals surface area contributed by atoms with Crippen molar-refractivity contribution < 1.29 is 32.2 Å². The van der Waals surface area contributed by atoms with Crippen molar-refractivity contribution in [1.82, 2.24) is 4.98 Å². The van der Waals surface area contributed by atoms with Gasteiger partial charge in [-0.1, -0.05) is 6.92 Å². The SMILES string of the molecule is COc1cc(OC(F)(F)F)ccc1Oc1cc(C2C[C@@H]2C)ncc1C(=O)Cl. The number of hydrogen-bond donors (Lipinski definition) is 0. The molecular formula is C18H15ClF3NO4. The minimum absolute atomic E-state index is 0.00266. The van der Waals surface area contributed by atoms with Gasteiger partial charge in [0.05, 0.1) is 12.7 Å². The van der Waals surface area contributed by atoms with Crippen LogP contribution < -0.4 is 14.2 Å². The molecule has 3 rings (SSSR count). The van der Waals surface area contributed by atoms with Crippen LogP contribution in [0.3, 0.4) is 0 Å². The van der Waals surface area contributed by atoms with Gasteiger partial charge in [0.1, 0.15) is 11.5 Å². The van der Waals surface area contributed by atoms with Gasteiger partial charge in [-0.2, -0.15) is 0 Å². The first-order chi connectivity index (χ1) is 12.7. The molecule has 1 aromatic carbocycles. The van der Waals surface area contributed by atoms with Crippen molar-refractivity contribution in [2.45, 2.75) is 25.6 Å². The number of hydrogen-bond acceptors (Lipinski definition) is 5. The van der Waals surface area contributed by atoms with E-state index in [4.69, 9.17) is 21.1 Å². The Morgan fingerprint density at radius 3 is 2.48 bits per heavy atom. The van der Waals surface area contributed by atoms with Crippen molar-refractivity contribution in [3.63, 3.8) is 0 Å². The summed E-state index contributed by atoms with van der Waals surface area (Å²) >= 11 is 5.59. The van der Waals surface area contributed by atoms with Crippen LogP contribution in [0.1, 0.15) is 35.3 Å². The van der Waals surface area contributed by atoms with E-state index in [9.17, 15) is 18.0 Å². The van der Waals surface area contributed by atoms with E-state index >= 15 is 0 Å². The maximum atomic E-state index is 12.4. The van der Waals surface area contributed by atoms with Crippen molar-refractivity contribution in [2.24, 2.45) is 5.92 Å². The van der Waals surface area contributed by atoms with Gasteiger partial charge in [0.25, 0.3) is 5.24 Å². The molecular weight excluding hydrogens is 387 g/mol. The average Bonchev–Trinajstić information content (AvgIpc) is 3.31. The number of halogens is 4. The highest BCUT2D eigenvalue weighted by molar-refractivity contribution is 6.68. The predicted octanol–water partition coefficient (Wildman–Crippen LogP) is 5.28. The third kappa shape index (κ3) is 4.63. The number of alkyl halides is 3. The molecule has 144 valence electrons. The summed E-state index contributed by atoms with van der Waals surface area (Å²) in [4.78, 5) is 15.9. The van der Waals surface area contributed by atoms with Gasteiger partial charge in [-0.05, 0) is 36.1 Å². The Kier molecular flexibility index (Phi) is 5.19. The van der Waals surface area contributed by atoms with Crippen molar-refractivity contribution in [2.75, 3.05) is 7.11 Å². The lowest BCUT2D eigenvalue weighted by molar-refractivity contribution is -0.274. The average molecular weight is 402 g/mol. The molecule has 9 heteroatoms. The lowest BCUT2D eigenvalue weighted by atomic mass is 10.1. The number of carbonyl (C=O) groups is 1. The van der Waals surface area contributed by atoms with Gasteiger partial charge in [-0.25, -0.2) is 0 Å². The molecule has 0 aliphatic heterocycles. The van der Waals surface area contributed by atoms with E-state index in [2.05, 4.69) is 16.6 Å². The second-order valence-corrected chi connectivity index (χ2v) is 6.50. The van der Waals surface area contributed by atoms with Gasteiger partial charge >= 0.3 is 6.36 Å². The van der Waals surface area contributed by atoms with E-state index in [1.165, 1.54) is 19.4 Å². The monoisotopic (exact) mass is 401 g/mol. The van der Waals surface area contributed by atoms with Crippen LogP contribution in [0, 0.1) is 5.92 Å². The van der Waals surface area contributed by atoms with Crippen molar-refractivity contribution in [3.8, 4) is 23.0 Å². The number of pyridine rings is 1. The van der Waals surface area contributed by atoms with Gasteiger partial charge in [-0.3, -0.25) is 9.78 Å². The lowest BCUT2D eigenvalue weighted by Gasteiger charge is -2.15. The van der Waals surface area contributed by atoms with Gasteiger partial charge < -0.3 is 14.2 Å². The van der Waals surface area contributed by atoms with Gasteiger partial charge in [0.15, 0.2) is 11.5 Å². The van der Waals surface area contributed by atoms with Gasteiger partial charge in [0.2, 0.25) is 0 Å². The molecule has 0 amide bonds. The fourth-order valence-corrected chi connectivity index (χ4v) is 2.81. The highest BCUT2D eigenvalue weighted by Gasteiger charge is 2.36. The van der Waals surface area contributed by atoms with E-state index in [1.54, 1.807) is 6.07 Å². The summed E-state index contributed by atoms with van der Waals surface area (Å²) in [6.45, 7) is 2.08.